The van der Waals surface area contributed by atoms with Crippen LogP contribution >= 0.6 is 0 Å². The molecule has 1 aliphatic carbocycles. The van der Waals surface area contributed by atoms with Gasteiger partial charge in [0.2, 0.25) is 0 Å². The third kappa shape index (κ3) is 3.54. The highest BCUT2D eigenvalue weighted by atomic mass is 19.1. The van der Waals surface area contributed by atoms with Gasteiger partial charge in [0, 0.05) is 6.20 Å². The van der Waals surface area contributed by atoms with Crippen molar-refractivity contribution in [2.75, 3.05) is 18.5 Å². The number of hydrogen-bond acceptors (Lipinski definition) is 5. The summed E-state index contributed by atoms with van der Waals surface area (Å²) in [7, 11) is 0. The molecular formula is C19H18F2N4O3. The van der Waals surface area contributed by atoms with Gasteiger partial charge in [0.15, 0.2) is 5.82 Å². The Balaban J connectivity index is 1.73. The van der Waals surface area contributed by atoms with Gasteiger partial charge in [0.1, 0.15) is 11.4 Å². The number of aliphatic hydroxyl groups excluding tert-OH is 1. The van der Waals surface area contributed by atoms with E-state index in [0.29, 0.717) is 11.4 Å². The normalized spacial score (nSPS) is 13.7. The second-order valence-corrected chi connectivity index (χ2v) is 6.56. The average molecular weight is 388 g/mol. The molecule has 7 nitrogen and oxygen atoms in total. The molecule has 1 saturated carbocycles. The average Bonchev–Trinajstić information content (AvgIpc) is 3.41. The summed E-state index contributed by atoms with van der Waals surface area (Å²) in [4.78, 5) is 21.2. The van der Waals surface area contributed by atoms with Crippen molar-refractivity contribution in [1.82, 2.24) is 14.9 Å². The second kappa shape index (κ2) is 7.53. The van der Waals surface area contributed by atoms with Crippen molar-refractivity contribution in [2.24, 2.45) is 0 Å². The number of aromatic nitrogens is 2. The fourth-order valence-corrected chi connectivity index (χ4v) is 3.04. The number of carbonyl (C=O) groups is 1. The number of halogens is 2. The van der Waals surface area contributed by atoms with Gasteiger partial charge in [0.25, 0.3) is 5.91 Å². The molecule has 0 atom stereocenters. The maximum Gasteiger partial charge on any atom is 0.280 e. The van der Waals surface area contributed by atoms with Crippen LogP contribution in [0.4, 0.5) is 20.2 Å². The van der Waals surface area contributed by atoms with Crippen molar-refractivity contribution in [3.8, 4) is 0 Å². The van der Waals surface area contributed by atoms with Crippen LogP contribution in [0, 0.1) is 11.6 Å². The summed E-state index contributed by atoms with van der Waals surface area (Å²) in [6, 6.07) is 4.85. The molecule has 0 radical (unpaired) electrons. The number of hydroxylamine groups is 1. The molecule has 0 aliphatic heterocycles. The van der Waals surface area contributed by atoms with E-state index in [9.17, 15) is 13.6 Å². The number of amides is 1. The topological polar surface area (TPSA) is 87.9 Å². The van der Waals surface area contributed by atoms with E-state index in [0.717, 1.165) is 24.6 Å². The molecule has 4 rings (SSSR count). The van der Waals surface area contributed by atoms with Gasteiger partial charge in [-0.2, -0.15) is 0 Å². The fraction of sp³-hybridized carbons (Fsp3) is 0.263. The summed E-state index contributed by atoms with van der Waals surface area (Å²) in [6.07, 6.45) is 6.00. The molecule has 3 N–H and O–H groups in total. The Kier molecular flexibility index (Phi) is 4.93. The monoisotopic (exact) mass is 388 g/mol. The summed E-state index contributed by atoms with van der Waals surface area (Å²) in [5.41, 5.74) is 3.20. The number of nitrogens with one attached hydrogen (secondary N) is 2. The van der Waals surface area contributed by atoms with E-state index in [-0.39, 0.29) is 30.2 Å². The number of fused-ring (bicyclic) bond motifs is 1. The lowest BCUT2D eigenvalue weighted by atomic mass is 10.1. The Morgan fingerprint density at radius 3 is 2.86 bits per heavy atom. The zero-order chi connectivity index (χ0) is 19.7. The van der Waals surface area contributed by atoms with Gasteiger partial charge in [-0.15, -0.1) is 0 Å². The first kappa shape index (κ1) is 18.3. The number of pyridine rings is 1. The smallest absolute Gasteiger partial charge is 0.280 e. The van der Waals surface area contributed by atoms with Crippen LogP contribution in [0.25, 0.3) is 5.52 Å². The first-order valence-corrected chi connectivity index (χ1v) is 8.82. The number of rotatable bonds is 7. The minimum absolute atomic E-state index is 0.0562. The van der Waals surface area contributed by atoms with Crippen LogP contribution in [-0.4, -0.2) is 33.6 Å². The zero-order valence-electron chi connectivity index (χ0n) is 14.8. The zero-order valence-corrected chi connectivity index (χ0v) is 14.8. The summed E-state index contributed by atoms with van der Waals surface area (Å²) < 4.78 is 30.6. The number of carbonyl (C=O) groups excluding carboxylic acids is 1. The Morgan fingerprint density at radius 2 is 2.14 bits per heavy atom. The number of imidazole rings is 1. The lowest BCUT2D eigenvalue weighted by molar-refractivity contribution is 0.0166. The molecule has 28 heavy (non-hydrogen) atoms. The third-order valence-corrected chi connectivity index (χ3v) is 4.55. The van der Waals surface area contributed by atoms with Crippen LogP contribution < -0.4 is 10.8 Å². The molecule has 2 aromatic heterocycles. The largest absolute Gasteiger partial charge is 0.394 e. The second-order valence-electron chi connectivity index (χ2n) is 6.56. The van der Waals surface area contributed by atoms with E-state index in [1.165, 1.54) is 23.0 Å². The molecule has 146 valence electrons. The minimum Gasteiger partial charge on any atom is -0.394 e. The summed E-state index contributed by atoms with van der Waals surface area (Å²) >= 11 is 0. The molecule has 3 aromatic rings. The van der Waals surface area contributed by atoms with Crippen LogP contribution in [0.15, 0.2) is 36.9 Å². The summed E-state index contributed by atoms with van der Waals surface area (Å²) in [5, 5.41) is 11.6. The summed E-state index contributed by atoms with van der Waals surface area (Å²) in [5.74, 6) is -1.81. The molecule has 2 heterocycles. The molecule has 1 amide bonds. The van der Waals surface area contributed by atoms with Gasteiger partial charge in [0.05, 0.1) is 42.6 Å². The van der Waals surface area contributed by atoms with Crippen LogP contribution in [0.1, 0.15) is 34.7 Å². The first-order valence-electron chi connectivity index (χ1n) is 8.82. The molecule has 0 unspecified atom stereocenters. The maximum atomic E-state index is 14.7. The van der Waals surface area contributed by atoms with E-state index in [1.807, 2.05) is 6.07 Å². The molecule has 0 saturated heterocycles. The standard InChI is InChI=1S/C19H18F2N4O3/c20-13-7-12(11-1-2-11)3-4-15(13)23-18-16-8-22-10-25(16)9-14(21)17(18)19(27)24-28-6-5-26/h3-4,7-11,23,26H,1-2,5-6H2,(H,24,27). The van der Waals surface area contributed by atoms with Gasteiger partial charge in [-0.25, -0.2) is 19.2 Å². The number of nitrogens with zero attached hydrogens (tertiary/aromatic N) is 2. The third-order valence-electron chi connectivity index (χ3n) is 4.55. The lowest BCUT2D eigenvalue weighted by Crippen LogP contribution is -2.27. The number of benzene rings is 1. The molecule has 1 aromatic carbocycles. The highest BCUT2D eigenvalue weighted by Crippen LogP contribution is 2.41. The quantitative estimate of drug-likeness (QED) is 0.428. The van der Waals surface area contributed by atoms with E-state index in [2.05, 4.69) is 15.8 Å². The van der Waals surface area contributed by atoms with Crippen molar-refractivity contribution in [1.29, 1.82) is 0 Å². The van der Waals surface area contributed by atoms with Crippen molar-refractivity contribution in [3.05, 3.63) is 59.7 Å². The van der Waals surface area contributed by atoms with E-state index >= 15 is 0 Å². The van der Waals surface area contributed by atoms with Crippen LogP contribution in [0.5, 0.6) is 0 Å². The Morgan fingerprint density at radius 1 is 1.32 bits per heavy atom. The molecular weight excluding hydrogens is 370 g/mol. The predicted molar refractivity (Wildman–Crippen MR) is 97.3 cm³/mol. The molecule has 0 spiro atoms. The molecule has 1 aliphatic rings. The SMILES string of the molecule is O=C(NOCCO)c1c(F)cn2cncc2c1Nc1ccc(C2CC2)cc1F. The van der Waals surface area contributed by atoms with E-state index in [1.54, 1.807) is 6.07 Å². The van der Waals surface area contributed by atoms with E-state index in [4.69, 9.17) is 9.94 Å². The van der Waals surface area contributed by atoms with Crippen LogP contribution in [0.3, 0.4) is 0 Å². The van der Waals surface area contributed by atoms with E-state index < -0.39 is 17.5 Å². The maximum absolute atomic E-state index is 14.7. The van der Waals surface area contributed by atoms with Gasteiger partial charge in [-0.3, -0.25) is 9.63 Å². The van der Waals surface area contributed by atoms with Crippen molar-refractivity contribution >= 4 is 22.8 Å². The fourth-order valence-electron chi connectivity index (χ4n) is 3.04. The number of aliphatic hydroxyl groups is 1. The molecule has 9 heteroatoms. The Labute approximate surface area is 158 Å². The Bertz CT molecular complexity index is 1030. The number of hydrogen-bond donors (Lipinski definition) is 3. The van der Waals surface area contributed by atoms with Crippen LogP contribution in [0.2, 0.25) is 0 Å². The highest BCUT2D eigenvalue weighted by Gasteiger charge is 2.25. The molecule has 1 fully saturated rings. The van der Waals surface area contributed by atoms with Gasteiger partial charge in [-0.1, -0.05) is 6.07 Å². The van der Waals surface area contributed by atoms with Gasteiger partial charge < -0.3 is 14.8 Å². The van der Waals surface area contributed by atoms with Crippen molar-refractivity contribution in [2.45, 2.75) is 18.8 Å². The van der Waals surface area contributed by atoms with Gasteiger partial charge in [-0.05, 0) is 36.5 Å². The van der Waals surface area contributed by atoms with Crippen molar-refractivity contribution < 1.29 is 23.5 Å². The highest BCUT2D eigenvalue weighted by molar-refractivity contribution is 6.03. The first-order chi connectivity index (χ1) is 13.6. The van der Waals surface area contributed by atoms with Crippen molar-refractivity contribution in [3.63, 3.8) is 0 Å². The van der Waals surface area contributed by atoms with Crippen LogP contribution in [-0.2, 0) is 4.84 Å². The van der Waals surface area contributed by atoms with Gasteiger partial charge >= 0.3 is 0 Å². The Hall–Kier alpha value is -3.04. The predicted octanol–water partition coefficient (Wildman–Crippen LogP) is 2.89. The lowest BCUT2D eigenvalue weighted by Gasteiger charge is -2.15. The number of anilines is 2. The summed E-state index contributed by atoms with van der Waals surface area (Å²) in [6.45, 7) is -0.462. The minimum atomic E-state index is -0.868. The molecule has 0 bridgehead atoms.